The van der Waals surface area contributed by atoms with Gasteiger partial charge in [0.25, 0.3) is 5.91 Å². The summed E-state index contributed by atoms with van der Waals surface area (Å²) in [5.74, 6) is 0.123. The number of ether oxygens (including phenoxy) is 1. The molecule has 0 aliphatic carbocycles. The molecule has 0 aliphatic rings. The van der Waals surface area contributed by atoms with Crippen molar-refractivity contribution in [1.82, 2.24) is 10.4 Å². The maximum absolute atomic E-state index is 12.9. The number of rotatable bonds is 8. The second-order valence-electron chi connectivity index (χ2n) is 7.16. The summed E-state index contributed by atoms with van der Waals surface area (Å²) < 4.78 is 5.13. The van der Waals surface area contributed by atoms with Gasteiger partial charge in [-0.2, -0.15) is 5.10 Å². The Bertz CT molecular complexity index is 1080. The maximum atomic E-state index is 12.9. The van der Waals surface area contributed by atoms with Crippen LogP contribution in [0.2, 0.25) is 0 Å². The number of hydrogen-bond donors (Lipinski definition) is 2. The minimum atomic E-state index is -0.282. The van der Waals surface area contributed by atoms with Gasteiger partial charge in [-0.15, -0.1) is 0 Å². The fourth-order valence-electron chi connectivity index (χ4n) is 3.26. The maximum Gasteiger partial charge on any atom is 0.272 e. The number of carbonyl (C=O) groups excluding carboxylic acids is 1. The van der Waals surface area contributed by atoms with Crippen LogP contribution in [0.1, 0.15) is 54.7 Å². The minimum Gasteiger partial charge on any atom is -0.504 e. The van der Waals surface area contributed by atoms with Crippen LogP contribution in [0.15, 0.2) is 53.6 Å². The van der Waals surface area contributed by atoms with Gasteiger partial charge in [0, 0.05) is 16.6 Å². The summed E-state index contributed by atoms with van der Waals surface area (Å²) in [6.07, 6.45) is 4.16. The number of fused-ring (bicyclic) bond motifs is 1. The number of para-hydroxylation sites is 1. The van der Waals surface area contributed by atoms with Crippen molar-refractivity contribution < 1.29 is 14.6 Å². The average Bonchev–Trinajstić information content (AvgIpc) is 2.77. The van der Waals surface area contributed by atoms with E-state index in [9.17, 15) is 9.90 Å². The van der Waals surface area contributed by atoms with Crippen LogP contribution in [0.4, 0.5) is 0 Å². The number of carbonyl (C=O) groups is 1. The van der Waals surface area contributed by atoms with Crippen LogP contribution in [0, 0.1) is 0 Å². The van der Waals surface area contributed by atoms with Crippen LogP contribution < -0.4 is 10.2 Å². The van der Waals surface area contributed by atoms with E-state index >= 15 is 0 Å². The molecule has 2 aromatic carbocycles. The summed E-state index contributed by atoms with van der Waals surface area (Å²) in [7, 11) is 1.49. The predicted octanol–water partition coefficient (Wildman–Crippen LogP) is 4.84. The van der Waals surface area contributed by atoms with Crippen LogP contribution in [0.25, 0.3) is 10.9 Å². The number of nitrogens with zero attached hydrogens (tertiary/aromatic N) is 2. The lowest BCUT2D eigenvalue weighted by Gasteiger charge is -2.10. The van der Waals surface area contributed by atoms with E-state index in [-0.39, 0.29) is 11.7 Å². The number of aromatic nitrogens is 1. The van der Waals surface area contributed by atoms with Gasteiger partial charge in [-0.1, -0.05) is 38.0 Å². The normalized spacial score (nSPS) is 11.5. The van der Waals surface area contributed by atoms with E-state index in [0.717, 1.165) is 47.8 Å². The lowest BCUT2D eigenvalue weighted by Crippen LogP contribution is -2.20. The molecular formula is C24H27N3O3. The number of aromatic hydroxyl groups is 1. The van der Waals surface area contributed by atoms with E-state index in [4.69, 9.17) is 9.72 Å². The average molecular weight is 405 g/mol. The van der Waals surface area contributed by atoms with Gasteiger partial charge in [0.2, 0.25) is 0 Å². The summed E-state index contributed by atoms with van der Waals surface area (Å²) in [5, 5.41) is 14.8. The van der Waals surface area contributed by atoms with Crippen LogP contribution in [0.3, 0.4) is 0 Å². The number of phenols is 1. The molecule has 30 heavy (non-hydrogen) atoms. The summed E-state index contributed by atoms with van der Waals surface area (Å²) in [6, 6.07) is 14.4. The summed E-state index contributed by atoms with van der Waals surface area (Å²) >= 11 is 0. The molecule has 0 radical (unpaired) electrons. The number of nitrogens with one attached hydrogen (secondary N) is 1. The molecule has 0 saturated heterocycles. The Kier molecular flexibility index (Phi) is 7.01. The summed E-state index contributed by atoms with van der Waals surface area (Å²) in [5.41, 5.74) is 6.28. The SMILES string of the molecule is CCCCCc1cc(C(=O)N/N=C(\C)c2ccc(O)c(OC)c2)c2ccccc2n1. The zero-order valence-electron chi connectivity index (χ0n) is 17.6. The Labute approximate surface area is 176 Å². The van der Waals surface area contributed by atoms with Gasteiger partial charge < -0.3 is 9.84 Å². The highest BCUT2D eigenvalue weighted by molar-refractivity contribution is 6.07. The zero-order valence-corrected chi connectivity index (χ0v) is 17.6. The molecule has 3 aromatic rings. The Morgan fingerprint density at radius 1 is 1.17 bits per heavy atom. The number of pyridine rings is 1. The highest BCUT2D eigenvalue weighted by Gasteiger charge is 2.13. The van der Waals surface area contributed by atoms with E-state index in [0.29, 0.717) is 17.0 Å². The van der Waals surface area contributed by atoms with Crippen molar-refractivity contribution in [2.24, 2.45) is 5.10 Å². The van der Waals surface area contributed by atoms with Crippen molar-refractivity contribution in [3.8, 4) is 11.5 Å². The molecule has 0 fully saturated rings. The predicted molar refractivity (Wildman–Crippen MR) is 119 cm³/mol. The Balaban J connectivity index is 1.86. The molecule has 0 saturated carbocycles. The number of aryl methyl sites for hydroxylation is 1. The highest BCUT2D eigenvalue weighted by atomic mass is 16.5. The third kappa shape index (κ3) is 4.95. The molecule has 1 heterocycles. The second kappa shape index (κ2) is 9.87. The van der Waals surface area contributed by atoms with Crippen LogP contribution in [-0.2, 0) is 6.42 Å². The largest absolute Gasteiger partial charge is 0.504 e. The lowest BCUT2D eigenvalue weighted by atomic mass is 10.0. The van der Waals surface area contributed by atoms with Gasteiger partial charge in [-0.3, -0.25) is 9.78 Å². The van der Waals surface area contributed by atoms with Gasteiger partial charge in [-0.05, 0) is 50.1 Å². The van der Waals surface area contributed by atoms with Crippen molar-refractivity contribution in [3.05, 3.63) is 65.4 Å². The molecule has 0 atom stereocenters. The zero-order chi connectivity index (χ0) is 21.5. The fourth-order valence-corrected chi connectivity index (χ4v) is 3.26. The molecule has 156 valence electrons. The first-order chi connectivity index (χ1) is 14.5. The fraction of sp³-hybridized carbons (Fsp3) is 0.292. The van der Waals surface area contributed by atoms with E-state index < -0.39 is 0 Å². The van der Waals surface area contributed by atoms with Gasteiger partial charge in [0.1, 0.15) is 0 Å². The van der Waals surface area contributed by atoms with Crippen LogP contribution >= 0.6 is 0 Å². The van der Waals surface area contributed by atoms with E-state index in [1.165, 1.54) is 13.2 Å². The van der Waals surface area contributed by atoms with Crippen LogP contribution in [0.5, 0.6) is 11.5 Å². The number of unbranched alkanes of at least 4 members (excludes halogenated alkanes) is 2. The standard InChI is InChI=1S/C24H27N3O3/c1-4-5-6-9-18-15-20(19-10-7-8-11-21(19)25-18)24(29)27-26-16(2)17-12-13-22(28)23(14-17)30-3/h7-8,10-15,28H,4-6,9H2,1-3H3,(H,27,29)/b26-16+. The molecule has 6 nitrogen and oxygen atoms in total. The Morgan fingerprint density at radius 3 is 2.73 bits per heavy atom. The lowest BCUT2D eigenvalue weighted by molar-refractivity contribution is 0.0956. The van der Waals surface area contributed by atoms with Gasteiger partial charge in [0.15, 0.2) is 11.5 Å². The minimum absolute atomic E-state index is 0.0527. The molecule has 0 bridgehead atoms. The van der Waals surface area contributed by atoms with Crippen molar-refractivity contribution >= 4 is 22.5 Å². The second-order valence-corrected chi connectivity index (χ2v) is 7.16. The summed E-state index contributed by atoms with van der Waals surface area (Å²) in [6.45, 7) is 3.95. The quantitative estimate of drug-likeness (QED) is 0.319. The van der Waals surface area contributed by atoms with Gasteiger partial charge >= 0.3 is 0 Å². The molecular weight excluding hydrogens is 378 g/mol. The first kappa shape index (κ1) is 21.3. The van der Waals surface area contributed by atoms with Crippen molar-refractivity contribution in [1.29, 1.82) is 0 Å². The Morgan fingerprint density at radius 2 is 1.97 bits per heavy atom. The van der Waals surface area contributed by atoms with Crippen LogP contribution in [-0.4, -0.2) is 28.8 Å². The molecule has 3 rings (SSSR count). The van der Waals surface area contributed by atoms with Crippen molar-refractivity contribution in [3.63, 3.8) is 0 Å². The summed E-state index contributed by atoms with van der Waals surface area (Å²) in [4.78, 5) is 17.7. The number of hydrazone groups is 1. The molecule has 2 N–H and O–H groups in total. The van der Waals surface area contributed by atoms with E-state index in [1.54, 1.807) is 19.1 Å². The number of hydrogen-bond acceptors (Lipinski definition) is 5. The first-order valence-electron chi connectivity index (χ1n) is 10.1. The monoisotopic (exact) mass is 405 g/mol. The molecule has 0 spiro atoms. The molecule has 6 heteroatoms. The van der Waals surface area contributed by atoms with Crippen molar-refractivity contribution in [2.45, 2.75) is 39.5 Å². The number of methoxy groups -OCH3 is 1. The van der Waals surface area contributed by atoms with Gasteiger partial charge in [0.05, 0.1) is 23.9 Å². The smallest absolute Gasteiger partial charge is 0.272 e. The molecule has 1 aromatic heterocycles. The van der Waals surface area contributed by atoms with Gasteiger partial charge in [-0.25, -0.2) is 5.43 Å². The topological polar surface area (TPSA) is 83.8 Å². The third-order valence-electron chi connectivity index (χ3n) is 4.97. The van der Waals surface area contributed by atoms with Crippen molar-refractivity contribution in [2.75, 3.05) is 7.11 Å². The first-order valence-corrected chi connectivity index (χ1v) is 10.1. The Hall–Kier alpha value is -3.41. The van der Waals surface area contributed by atoms with E-state index in [1.807, 2.05) is 30.3 Å². The molecule has 0 unspecified atom stereocenters. The number of amides is 1. The number of phenolic OH excluding ortho intramolecular Hbond substituents is 1. The molecule has 1 amide bonds. The number of benzene rings is 2. The molecule has 0 aliphatic heterocycles. The van der Waals surface area contributed by atoms with E-state index in [2.05, 4.69) is 17.5 Å². The highest BCUT2D eigenvalue weighted by Crippen LogP contribution is 2.26. The third-order valence-corrected chi connectivity index (χ3v) is 4.97.